The highest BCUT2D eigenvalue weighted by Gasteiger charge is 2.20. The number of ether oxygens (including phenoxy) is 1. The number of hydrogen-bond acceptors (Lipinski definition) is 5. The number of piperidine rings is 1. The Bertz CT molecular complexity index is 594. The molecule has 1 atom stereocenters. The lowest BCUT2D eigenvalue weighted by Crippen LogP contribution is -2.36. The zero-order valence-corrected chi connectivity index (χ0v) is 12.9. The van der Waals surface area contributed by atoms with Gasteiger partial charge in [-0.3, -0.25) is 4.90 Å². The van der Waals surface area contributed by atoms with Crippen LogP contribution in [-0.2, 0) is 6.54 Å². The molecule has 1 aliphatic heterocycles. The van der Waals surface area contributed by atoms with E-state index in [1.807, 2.05) is 24.3 Å². The molecular weight excluding hydrogens is 280 g/mol. The molecule has 2 heterocycles. The lowest BCUT2D eigenvalue weighted by Gasteiger charge is -2.30. The molecule has 1 aliphatic rings. The van der Waals surface area contributed by atoms with E-state index >= 15 is 0 Å². The Morgan fingerprint density at radius 3 is 2.91 bits per heavy atom. The minimum atomic E-state index is 0.263. The average Bonchev–Trinajstić information content (AvgIpc) is 3.03. The van der Waals surface area contributed by atoms with Crippen molar-refractivity contribution < 1.29 is 14.3 Å². The molecule has 1 saturated heterocycles. The van der Waals surface area contributed by atoms with Crippen LogP contribution in [0.15, 0.2) is 34.9 Å². The fraction of sp³-hybridized carbons (Fsp3) is 0.471. The van der Waals surface area contributed by atoms with Crippen molar-refractivity contribution in [1.29, 1.82) is 0 Å². The van der Waals surface area contributed by atoms with Gasteiger partial charge in [0, 0.05) is 18.7 Å². The first-order chi connectivity index (χ1) is 10.8. The molecule has 5 nitrogen and oxygen atoms in total. The van der Waals surface area contributed by atoms with Gasteiger partial charge in [0.2, 0.25) is 5.89 Å². The molecule has 22 heavy (non-hydrogen) atoms. The minimum absolute atomic E-state index is 0.263. The molecule has 2 aromatic rings. The molecule has 1 aromatic carbocycles. The van der Waals surface area contributed by atoms with Gasteiger partial charge in [-0.15, -0.1) is 0 Å². The van der Waals surface area contributed by atoms with Crippen LogP contribution in [0.2, 0.25) is 0 Å². The molecule has 0 spiro atoms. The Labute approximate surface area is 130 Å². The molecule has 0 radical (unpaired) electrons. The molecule has 118 valence electrons. The summed E-state index contributed by atoms with van der Waals surface area (Å²) in [6.07, 6.45) is 4.00. The normalized spacial score (nSPS) is 19.3. The number of hydrogen-bond donors (Lipinski definition) is 1. The van der Waals surface area contributed by atoms with Crippen molar-refractivity contribution in [3.63, 3.8) is 0 Å². The molecule has 5 heteroatoms. The van der Waals surface area contributed by atoms with Crippen molar-refractivity contribution in [3.8, 4) is 17.1 Å². The number of likely N-dealkylation sites (tertiary alicyclic amines) is 1. The number of nitrogens with zero attached hydrogens (tertiary/aromatic N) is 2. The predicted molar refractivity (Wildman–Crippen MR) is 83.6 cm³/mol. The largest absolute Gasteiger partial charge is 0.497 e. The van der Waals surface area contributed by atoms with E-state index in [-0.39, 0.29) is 6.61 Å². The molecule has 1 aromatic heterocycles. The van der Waals surface area contributed by atoms with Gasteiger partial charge in [-0.05, 0) is 49.6 Å². The first-order valence-electron chi connectivity index (χ1n) is 7.71. The van der Waals surface area contributed by atoms with Crippen molar-refractivity contribution in [2.24, 2.45) is 5.92 Å². The lowest BCUT2D eigenvalue weighted by atomic mass is 9.99. The van der Waals surface area contributed by atoms with Gasteiger partial charge in [0.05, 0.1) is 19.9 Å². The second-order valence-corrected chi connectivity index (χ2v) is 5.77. The molecule has 1 N–H and O–H groups in total. The van der Waals surface area contributed by atoms with Crippen molar-refractivity contribution in [2.75, 3.05) is 26.8 Å². The molecule has 3 rings (SSSR count). The third-order valence-electron chi connectivity index (χ3n) is 4.15. The molecule has 1 unspecified atom stereocenters. The van der Waals surface area contributed by atoms with Crippen molar-refractivity contribution in [1.82, 2.24) is 9.88 Å². The molecule has 0 aliphatic carbocycles. The fourth-order valence-electron chi connectivity index (χ4n) is 2.91. The van der Waals surface area contributed by atoms with Gasteiger partial charge >= 0.3 is 0 Å². The maximum atomic E-state index is 9.29. The van der Waals surface area contributed by atoms with Crippen molar-refractivity contribution >= 4 is 0 Å². The highest BCUT2D eigenvalue weighted by molar-refractivity contribution is 5.57. The molecule has 0 bridgehead atoms. The van der Waals surface area contributed by atoms with Crippen molar-refractivity contribution in [3.05, 3.63) is 36.4 Å². The van der Waals surface area contributed by atoms with Gasteiger partial charge in [0.15, 0.2) is 5.76 Å². The first kappa shape index (κ1) is 15.1. The minimum Gasteiger partial charge on any atom is -0.497 e. The summed E-state index contributed by atoms with van der Waals surface area (Å²) in [4.78, 5) is 6.68. The highest BCUT2D eigenvalue weighted by atomic mass is 16.5. The van der Waals surface area contributed by atoms with E-state index in [4.69, 9.17) is 9.15 Å². The van der Waals surface area contributed by atoms with Crippen LogP contribution in [0.3, 0.4) is 0 Å². The zero-order chi connectivity index (χ0) is 15.4. The van der Waals surface area contributed by atoms with Gasteiger partial charge < -0.3 is 14.3 Å². The maximum Gasteiger partial charge on any atom is 0.209 e. The second kappa shape index (κ2) is 6.94. The Morgan fingerprint density at radius 1 is 1.36 bits per heavy atom. The Balaban J connectivity index is 1.65. The Hall–Kier alpha value is -1.85. The third kappa shape index (κ3) is 3.48. The van der Waals surface area contributed by atoms with Crippen LogP contribution >= 0.6 is 0 Å². The number of aliphatic hydroxyl groups excluding tert-OH is 1. The summed E-state index contributed by atoms with van der Waals surface area (Å²) in [7, 11) is 1.65. The molecular formula is C17H22N2O3. The number of oxazole rings is 1. The van der Waals surface area contributed by atoms with Crippen molar-refractivity contribution in [2.45, 2.75) is 19.4 Å². The molecule has 0 saturated carbocycles. The van der Waals surface area contributed by atoms with Crippen LogP contribution in [-0.4, -0.2) is 41.8 Å². The average molecular weight is 302 g/mol. The van der Waals surface area contributed by atoms with Crippen LogP contribution in [0.5, 0.6) is 5.75 Å². The Kier molecular flexibility index (Phi) is 4.75. The number of aromatic nitrogens is 1. The van der Waals surface area contributed by atoms with Gasteiger partial charge in [0.25, 0.3) is 0 Å². The highest BCUT2D eigenvalue weighted by Crippen LogP contribution is 2.24. The summed E-state index contributed by atoms with van der Waals surface area (Å²) in [6, 6.07) is 7.75. The van der Waals surface area contributed by atoms with E-state index in [9.17, 15) is 5.11 Å². The van der Waals surface area contributed by atoms with Gasteiger partial charge in [-0.1, -0.05) is 0 Å². The Morgan fingerprint density at radius 2 is 2.18 bits per heavy atom. The summed E-state index contributed by atoms with van der Waals surface area (Å²) in [5, 5.41) is 9.29. The molecule has 1 fully saturated rings. The SMILES string of the molecule is COc1ccc(-c2cnc(CN3CCCC(CO)C3)o2)cc1. The topological polar surface area (TPSA) is 58.7 Å². The lowest BCUT2D eigenvalue weighted by molar-refractivity contribution is 0.109. The fourth-order valence-corrected chi connectivity index (χ4v) is 2.91. The van der Waals surface area contributed by atoms with E-state index < -0.39 is 0 Å². The summed E-state index contributed by atoms with van der Waals surface area (Å²) in [6.45, 7) is 2.92. The van der Waals surface area contributed by atoms with Crippen LogP contribution < -0.4 is 4.74 Å². The maximum absolute atomic E-state index is 9.29. The van der Waals surface area contributed by atoms with Crippen LogP contribution in [0.1, 0.15) is 18.7 Å². The van der Waals surface area contributed by atoms with E-state index in [1.54, 1.807) is 13.3 Å². The van der Waals surface area contributed by atoms with Crippen LogP contribution in [0.4, 0.5) is 0 Å². The molecule has 0 amide bonds. The number of rotatable bonds is 5. The second-order valence-electron chi connectivity index (χ2n) is 5.77. The van der Waals surface area contributed by atoms with Crippen LogP contribution in [0.25, 0.3) is 11.3 Å². The smallest absolute Gasteiger partial charge is 0.209 e. The summed E-state index contributed by atoms with van der Waals surface area (Å²) in [5.74, 6) is 2.70. The van der Waals surface area contributed by atoms with E-state index in [2.05, 4.69) is 9.88 Å². The van der Waals surface area contributed by atoms with E-state index in [0.717, 1.165) is 48.9 Å². The predicted octanol–water partition coefficient (Wildman–Crippen LogP) is 2.55. The third-order valence-corrected chi connectivity index (χ3v) is 4.15. The zero-order valence-electron chi connectivity index (χ0n) is 12.9. The first-order valence-corrected chi connectivity index (χ1v) is 7.71. The van der Waals surface area contributed by atoms with Gasteiger partial charge in [0.1, 0.15) is 5.75 Å². The summed E-state index contributed by atoms with van der Waals surface area (Å²) < 4.78 is 11.0. The van der Waals surface area contributed by atoms with Gasteiger partial charge in [-0.2, -0.15) is 0 Å². The standard InChI is InChI=1S/C17H22N2O3/c1-21-15-6-4-14(5-7-15)16-9-18-17(22-16)11-19-8-2-3-13(10-19)12-20/h4-7,9,13,20H,2-3,8,10-12H2,1H3. The van der Waals surface area contributed by atoms with Crippen LogP contribution in [0, 0.1) is 5.92 Å². The quantitative estimate of drug-likeness (QED) is 0.920. The summed E-state index contributed by atoms with van der Waals surface area (Å²) in [5.41, 5.74) is 0.992. The number of methoxy groups -OCH3 is 1. The monoisotopic (exact) mass is 302 g/mol. The van der Waals surface area contributed by atoms with Gasteiger partial charge in [-0.25, -0.2) is 4.98 Å². The number of aliphatic hydroxyl groups is 1. The number of benzene rings is 1. The summed E-state index contributed by atoms with van der Waals surface area (Å²) >= 11 is 0. The van der Waals surface area contributed by atoms with E-state index in [1.165, 1.54) is 0 Å². The van der Waals surface area contributed by atoms with E-state index in [0.29, 0.717) is 12.5 Å².